The van der Waals surface area contributed by atoms with Crippen molar-refractivity contribution in [1.82, 2.24) is 10.2 Å². The van der Waals surface area contributed by atoms with Gasteiger partial charge in [0.1, 0.15) is 0 Å². The number of urea groups is 1. The molecule has 2 heterocycles. The van der Waals surface area contributed by atoms with Gasteiger partial charge in [-0.1, -0.05) is 6.92 Å². The van der Waals surface area contributed by atoms with E-state index in [1.54, 1.807) is 0 Å². The quantitative estimate of drug-likeness (QED) is 0.812. The molecule has 0 aromatic heterocycles. The monoisotopic (exact) mass is 242 g/mol. The summed E-state index contributed by atoms with van der Waals surface area (Å²) in [6.07, 6.45) is 3.93. The largest absolute Gasteiger partial charge is 0.348 e. The lowest BCUT2D eigenvalue weighted by molar-refractivity contribution is -0.0982. The molecule has 1 N–H and O–H groups in total. The number of ether oxygens (including phenoxy) is 2. The predicted octanol–water partition coefficient (Wildman–Crippen LogP) is 1.33. The molecule has 0 spiro atoms. The molecular formula is C12H22N2O3. The van der Waals surface area contributed by atoms with Gasteiger partial charge in [-0.25, -0.2) is 4.79 Å². The van der Waals surface area contributed by atoms with E-state index < -0.39 is 0 Å². The molecule has 5 heteroatoms. The van der Waals surface area contributed by atoms with Gasteiger partial charge in [0.15, 0.2) is 6.29 Å². The Morgan fingerprint density at radius 1 is 1.35 bits per heavy atom. The topological polar surface area (TPSA) is 50.8 Å². The molecule has 0 aromatic carbocycles. The summed E-state index contributed by atoms with van der Waals surface area (Å²) in [5, 5.41) is 2.93. The van der Waals surface area contributed by atoms with Crippen molar-refractivity contribution in [3.63, 3.8) is 0 Å². The van der Waals surface area contributed by atoms with Gasteiger partial charge < -0.3 is 19.7 Å². The molecule has 0 radical (unpaired) electrons. The van der Waals surface area contributed by atoms with Crippen LogP contribution in [-0.2, 0) is 9.47 Å². The zero-order valence-corrected chi connectivity index (χ0v) is 10.5. The Balaban J connectivity index is 1.93. The third-order valence-corrected chi connectivity index (χ3v) is 3.30. The highest BCUT2D eigenvalue weighted by molar-refractivity contribution is 5.74. The van der Waals surface area contributed by atoms with E-state index in [9.17, 15) is 4.79 Å². The van der Waals surface area contributed by atoms with E-state index >= 15 is 0 Å². The highest BCUT2D eigenvalue weighted by Crippen LogP contribution is 2.24. The molecule has 1 atom stereocenters. The van der Waals surface area contributed by atoms with Crippen LogP contribution in [0.1, 0.15) is 32.6 Å². The average Bonchev–Trinajstić information content (AvgIpc) is 2.89. The first-order valence-corrected chi connectivity index (χ1v) is 6.60. The SMILES string of the molecule is CCCNC(=O)N1CCCCC1C1OCCO1. The number of nitrogens with one attached hydrogen (secondary N) is 1. The van der Waals surface area contributed by atoms with Crippen molar-refractivity contribution in [2.75, 3.05) is 26.3 Å². The molecule has 2 amide bonds. The van der Waals surface area contributed by atoms with Crippen LogP contribution in [0.2, 0.25) is 0 Å². The third kappa shape index (κ3) is 3.10. The minimum absolute atomic E-state index is 0.0238. The van der Waals surface area contributed by atoms with E-state index in [2.05, 4.69) is 12.2 Å². The van der Waals surface area contributed by atoms with E-state index in [1.807, 2.05) is 4.90 Å². The molecule has 2 saturated heterocycles. The Hall–Kier alpha value is -0.810. The van der Waals surface area contributed by atoms with Crippen molar-refractivity contribution in [2.24, 2.45) is 0 Å². The molecular weight excluding hydrogens is 220 g/mol. The van der Waals surface area contributed by atoms with Crippen LogP contribution in [0.25, 0.3) is 0 Å². The number of carbonyl (C=O) groups excluding carboxylic acids is 1. The van der Waals surface area contributed by atoms with Crippen molar-refractivity contribution in [1.29, 1.82) is 0 Å². The lowest BCUT2D eigenvalue weighted by atomic mass is 10.0. The minimum atomic E-state index is -0.220. The number of nitrogens with zero attached hydrogens (tertiary/aromatic N) is 1. The number of hydrogen-bond donors (Lipinski definition) is 1. The van der Waals surface area contributed by atoms with Crippen LogP contribution >= 0.6 is 0 Å². The van der Waals surface area contributed by atoms with Gasteiger partial charge in [0, 0.05) is 13.1 Å². The number of carbonyl (C=O) groups is 1. The zero-order valence-electron chi connectivity index (χ0n) is 10.5. The Kier molecular flexibility index (Phi) is 4.62. The first-order valence-electron chi connectivity index (χ1n) is 6.60. The molecule has 2 aliphatic rings. The number of hydrogen-bond acceptors (Lipinski definition) is 3. The summed E-state index contributed by atoms with van der Waals surface area (Å²) >= 11 is 0. The van der Waals surface area contributed by atoms with E-state index in [0.717, 1.165) is 38.8 Å². The van der Waals surface area contributed by atoms with Crippen molar-refractivity contribution in [2.45, 2.75) is 44.9 Å². The molecule has 2 rings (SSSR count). The van der Waals surface area contributed by atoms with Crippen LogP contribution < -0.4 is 5.32 Å². The molecule has 2 aliphatic heterocycles. The fourth-order valence-corrected chi connectivity index (χ4v) is 2.42. The molecule has 98 valence electrons. The summed E-state index contributed by atoms with van der Waals surface area (Å²) in [7, 11) is 0. The predicted molar refractivity (Wildman–Crippen MR) is 63.7 cm³/mol. The molecule has 0 bridgehead atoms. The van der Waals surface area contributed by atoms with Gasteiger partial charge in [-0.05, 0) is 25.7 Å². The standard InChI is InChI=1S/C12H22N2O3/c1-2-6-13-12(15)14-7-4-3-5-10(14)11-16-8-9-17-11/h10-11H,2-9H2,1H3,(H,13,15). The van der Waals surface area contributed by atoms with Crippen LogP contribution in [0.3, 0.4) is 0 Å². The maximum absolute atomic E-state index is 12.0. The summed E-state index contributed by atoms with van der Waals surface area (Å²) in [6.45, 7) is 4.88. The van der Waals surface area contributed by atoms with E-state index in [0.29, 0.717) is 13.2 Å². The fraction of sp³-hybridized carbons (Fsp3) is 0.917. The first kappa shape index (κ1) is 12.6. The Labute approximate surface area is 102 Å². The second-order valence-corrected chi connectivity index (χ2v) is 4.60. The highest BCUT2D eigenvalue weighted by Gasteiger charge is 2.35. The third-order valence-electron chi connectivity index (χ3n) is 3.30. The minimum Gasteiger partial charge on any atom is -0.348 e. The Morgan fingerprint density at radius 3 is 2.82 bits per heavy atom. The zero-order chi connectivity index (χ0) is 12.1. The normalized spacial score (nSPS) is 26.2. The highest BCUT2D eigenvalue weighted by atomic mass is 16.7. The van der Waals surface area contributed by atoms with Crippen LogP contribution in [-0.4, -0.2) is 49.6 Å². The number of amides is 2. The van der Waals surface area contributed by atoms with Gasteiger partial charge in [-0.3, -0.25) is 0 Å². The van der Waals surface area contributed by atoms with Gasteiger partial charge in [0.05, 0.1) is 19.3 Å². The van der Waals surface area contributed by atoms with Crippen LogP contribution in [0, 0.1) is 0 Å². The molecule has 0 saturated carbocycles. The van der Waals surface area contributed by atoms with Gasteiger partial charge in [0.25, 0.3) is 0 Å². The van der Waals surface area contributed by atoms with Crippen LogP contribution in [0.4, 0.5) is 4.79 Å². The summed E-state index contributed by atoms with van der Waals surface area (Å²) in [5.74, 6) is 0. The Bertz CT molecular complexity index is 254. The van der Waals surface area contributed by atoms with Gasteiger partial charge in [-0.2, -0.15) is 0 Å². The van der Waals surface area contributed by atoms with E-state index in [-0.39, 0.29) is 18.4 Å². The van der Waals surface area contributed by atoms with Gasteiger partial charge in [-0.15, -0.1) is 0 Å². The molecule has 0 aliphatic carbocycles. The Morgan fingerprint density at radius 2 is 2.12 bits per heavy atom. The molecule has 17 heavy (non-hydrogen) atoms. The van der Waals surface area contributed by atoms with Gasteiger partial charge in [0.2, 0.25) is 0 Å². The van der Waals surface area contributed by atoms with Crippen LogP contribution in [0.5, 0.6) is 0 Å². The van der Waals surface area contributed by atoms with Crippen molar-refractivity contribution in [3.8, 4) is 0 Å². The summed E-state index contributed by atoms with van der Waals surface area (Å²) < 4.78 is 11.1. The van der Waals surface area contributed by atoms with Crippen molar-refractivity contribution >= 4 is 6.03 Å². The maximum atomic E-state index is 12.0. The molecule has 0 aromatic rings. The van der Waals surface area contributed by atoms with Crippen molar-refractivity contribution in [3.05, 3.63) is 0 Å². The molecule has 2 fully saturated rings. The fourth-order valence-electron chi connectivity index (χ4n) is 2.42. The second-order valence-electron chi connectivity index (χ2n) is 4.60. The lowest BCUT2D eigenvalue weighted by Crippen LogP contribution is -2.53. The number of likely N-dealkylation sites (tertiary alicyclic amines) is 1. The van der Waals surface area contributed by atoms with Crippen LogP contribution in [0.15, 0.2) is 0 Å². The van der Waals surface area contributed by atoms with Crippen molar-refractivity contribution < 1.29 is 14.3 Å². The molecule has 1 unspecified atom stereocenters. The summed E-state index contributed by atoms with van der Waals surface area (Å²) in [6, 6.07) is 0.110. The second kappa shape index (κ2) is 6.21. The molecule has 5 nitrogen and oxygen atoms in total. The maximum Gasteiger partial charge on any atom is 0.317 e. The number of piperidine rings is 1. The lowest BCUT2D eigenvalue weighted by Gasteiger charge is -2.37. The van der Waals surface area contributed by atoms with E-state index in [4.69, 9.17) is 9.47 Å². The smallest absolute Gasteiger partial charge is 0.317 e. The first-order chi connectivity index (χ1) is 8.33. The summed E-state index contributed by atoms with van der Waals surface area (Å²) in [4.78, 5) is 13.9. The summed E-state index contributed by atoms with van der Waals surface area (Å²) in [5.41, 5.74) is 0. The van der Waals surface area contributed by atoms with E-state index in [1.165, 1.54) is 0 Å². The average molecular weight is 242 g/mol. The number of rotatable bonds is 3. The van der Waals surface area contributed by atoms with Gasteiger partial charge >= 0.3 is 6.03 Å².